The summed E-state index contributed by atoms with van der Waals surface area (Å²) in [5, 5.41) is 13.2. The van der Waals surface area contributed by atoms with Gasteiger partial charge >= 0.3 is 10.1 Å². The van der Waals surface area contributed by atoms with Crippen LogP contribution < -0.4 is 9.50 Å². The van der Waals surface area contributed by atoms with Gasteiger partial charge in [0.25, 0.3) is 5.69 Å². The Morgan fingerprint density at radius 2 is 1.83 bits per heavy atom. The molecule has 23 heavy (non-hydrogen) atoms. The first-order chi connectivity index (χ1) is 10.8. The number of anilines is 1. The Balaban J connectivity index is 2.22. The van der Waals surface area contributed by atoms with E-state index in [0.29, 0.717) is 5.69 Å². The number of hydrogen-bond donors (Lipinski definition) is 1. The lowest BCUT2D eigenvalue weighted by Gasteiger charge is -2.08. The maximum atomic E-state index is 12.1. The van der Waals surface area contributed by atoms with E-state index < -0.39 is 15.0 Å². The molecule has 0 saturated carbocycles. The van der Waals surface area contributed by atoms with Crippen LogP contribution in [-0.2, 0) is 14.9 Å². The van der Waals surface area contributed by atoms with E-state index in [2.05, 4.69) is 5.32 Å². The highest BCUT2D eigenvalue weighted by molar-refractivity contribution is 7.87. The maximum absolute atomic E-state index is 12.1. The van der Waals surface area contributed by atoms with Gasteiger partial charge in [0.1, 0.15) is 10.6 Å². The predicted octanol–water partition coefficient (Wildman–Crippen LogP) is 2.32. The van der Waals surface area contributed by atoms with Gasteiger partial charge in [0.05, 0.1) is 4.92 Å². The second kappa shape index (κ2) is 6.44. The van der Waals surface area contributed by atoms with Gasteiger partial charge in [0, 0.05) is 24.7 Å². The molecule has 2 rings (SSSR count). The van der Waals surface area contributed by atoms with Crippen molar-refractivity contribution in [2.24, 2.45) is 0 Å². The summed E-state index contributed by atoms with van der Waals surface area (Å²) in [5.41, 5.74) is 0.133. The molecule has 0 radical (unpaired) electrons. The molecule has 120 valence electrons. The summed E-state index contributed by atoms with van der Waals surface area (Å²) >= 11 is 0. The highest BCUT2D eigenvalue weighted by Gasteiger charge is 2.19. The van der Waals surface area contributed by atoms with Gasteiger partial charge in [0.2, 0.25) is 5.91 Å². The molecule has 0 aliphatic rings. The number of rotatable bonds is 5. The molecule has 2 aromatic carbocycles. The van der Waals surface area contributed by atoms with E-state index in [9.17, 15) is 23.3 Å². The number of nitro groups is 1. The van der Waals surface area contributed by atoms with Crippen molar-refractivity contribution in [3.05, 3.63) is 58.6 Å². The van der Waals surface area contributed by atoms with Crippen LogP contribution in [0.4, 0.5) is 11.4 Å². The third-order valence-electron chi connectivity index (χ3n) is 2.70. The third kappa shape index (κ3) is 4.27. The van der Waals surface area contributed by atoms with Gasteiger partial charge in [0.15, 0.2) is 0 Å². The quantitative estimate of drug-likeness (QED) is 0.509. The largest absolute Gasteiger partial charge is 0.379 e. The van der Waals surface area contributed by atoms with Gasteiger partial charge in [-0.2, -0.15) is 8.42 Å². The van der Waals surface area contributed by atoms with Gasteiger partial charge in [-0.15, -0.1) is 0 Å². The van der Waals surface area contributed by atoms with Gasteiger partial charge in [-0.3, -0.25) is 14.9 Å². The first-order valence-corrected chi connectivity index (χ1v) is 7.75. The Kier molecular flexibility index (Phi) is 4.60. The van der Waals surface area contributed by atoms with Gasteiger partial charge < -0.3 is 9.50 Å². The van der Waals surface area contributed by atoms with Crippen LogP contribution >= 0.6 is 0 Å². The van der Waals surface area contributed by atoms with Crippen LogP contribution in [0, 0.1) is 10.1 Å². The van der Waals surface area contributed by atoms with Crippen molar-refractivity contribution in [3.8, 4) is 5.75 Å². The van der Waals surface area contributed by atoms with E-state index in [1.165, 1.54) is 49.4 Å². The fourth-order valence-corrected chi connectivity index (χ4v) is 2.70. The monoisotopic (exact) mass is 336 g/mol. The minimum Gasteiger partial charge on any atom is -0.379 e. The number of hydrogen-bond acceptors (Lipinski definition) is 6. The van der Waals surface area contributed by atoms with Crippen molar-refractivity contribution < 1.29 is 22.3 Å². The number of benzene rings is 2. The molecule has 8 nitrogen and oxygen atoms in total. The van der Waals surface area contributed by atoms with Crippen molar-refractivity contribution in [1.82, 2.24) is 0 Å². The van der Waals surface area contributed by atoms with Crippen LogP contribution in [0.1, 0.15) is 6.92 Å². The SMILES string of the molecule is CC(=O)Nc1ccc(OS(=O)(=O)c2cccc([N+](=O)[O-])c2)cc1. The van der Waals surface area contributed by atoms with E-state index in [1.807, 2.05) is 0 Å². The Morgan fingerprint density at radius 1 is 1.17 bits per heavy atom. The number of non-ortho nitro benzene ring substituents is 1. The molecule has 0 atom stereocenters. The lowest BCUT2D eigenvalue weighted by molar-refractivity contribution is -0.385. The molecule has 9 heteroatoms. The summed E-state index contributed by atoms with van der Waals surface area (Å²) in [4.78, 5) is 20.6. The summed E-state index contributed by atoms with van der Waals surface area (Å²) in [5.74, 6) is -0.242. The van der Waals surface area contributed by atoms with Crippen molar-refractivity contribution in [3.63, 3.8) is 0 Å². The molecule has 0 saturated heterocycles. The summed E-state index contributed by atoms with van der Waals surface area (Å²) in [7, 11) is -4.20. The van der Waals surface area contributed by atoms with Crippen LogP contribution in [0.3, 0.4) is 0 Å². The van der Waals surface area contributed by atoms with Crippen molar-refractivity contribution in [2.45, 2.75) is 11.8 Å². The van der Waals surface area contributed by atoms with Crippen LogP contribution in [0.2, 0.25) is 0 Å². The molecule has 0 aromatic heterocycles. The lowest BCUT2D eigenvalue weighted by Crippen LogP contribution is -2.10. The van der Waals surface area contributed by atoms with Crippen molar-refractivity contribution in [1.29, 1.82) is 0 Å². The molecule has 0 aliphatic carbocycles. The molecular weight excluding hydrogens is 324 g/mol. The number of amides is 1. The lowest BCUT2D eigenvalue weighted by atomic mass is 10.3. The van der Waals surface area contributed by atoms with Crippen molar-refractivity contribution in [2.75, 3.05) is 5.32 Å². The number of nitrogens with one attached hydrogen (secondary N) is 1. The molecule has 0 heterocycles. The van der Waals surface area contributed by atoms with Crippen molar-refractivity contribution >= 4 is 27.4 Å². The van der Waals surface area contributed by atoms with Crippen LogP contribution in [0.25, 0.3) is 0 Å². The van der Waals surface area contributed by atoms with Gasteiger partial charge in [-0.1, -0.05) is 6.07 Å². The fraction of sp³-hybridized carbons (Fsp3) is 0.0714. The molecule has 0 bridgehead atoms. The summed E-state index contributed by atoms with van der Waals surface area (Å²) in [6.07, 6.45) is 0. The zero-order valence-electron chi connectivity index (χ0n) is 11.9. The van der Waals surface area contributed by atoms with Gasteiger partial charge in [-0.05, 0) is 30.3 Å². The number of nitrogens with zero attached hydrogens (tertiary/aromatic N) is 1. The number of carbonyl (C=O) groups is 1. The van der Waals surface area contributed by atoms with Crippen LogP contribution in [0.5, 0.6) is 5.75 Å². The van der Waals surface area contributed by atoms with E-state index >= 15 is 0 Å². The number of carbonyl (C=O) groups excluding carboxylic acids is 1. The summed E-state index contributed by atoms with van der Waals surface area (Å²) < 4.78 is 29.2. The molecule has 0 unspecified atom stereocenters. The first-order valence-electron chi connectivity index (χ1n) is 6.34. The zero-order valence-corrected chi connectivity index (χ0v) is 12.7. The molecule has 0 spiro atoms. The Labute approximate surface area is 132 Å². The molecule has 1 amide bonds. The van der Waals surface area contributed by atoms with E-state index in [-0.39, 0.29) is 22.2 Å². The van der Waals surface area contributed by atoms with E-state index in [1.54, 1.807) is 0 Å². The molecular formula is C14H12N2O6S. The minimum atomic E-state index is -4.20. The van der Waals surface area contributed by atoms with E-state index in [4.69, 9.17) is 4.18 Å². The minimum absolute atomic E-state index is 0.0191. The second-order valence-corrected chi connectivity index (χ2v) is 6.04. The average molecular weight is 336 g/mol. The van der Waals surface area contributed by atoms with Crippen LogP contribution in [0.15, 0.2) is 53.4 Å². The maximum Gasteiger partial charge on any atom is 0.339 e. The molecule has 0 fully saturated rings. The third-order valence-corrected chi connectivity index (χ3v) is 3.94. The Morgan fingerprint density at radius 3 is 2.39 bits per heavy atom. The molecule has 0 aliphatic heterocycles. The highest BCUT2D eigenvalue weighted by Crippen LogP contribution is 2.23. The Hall–Kier alpha value is -2.94. The molecule has 1 N–H and O–H groups in total. The normalized spacial score (nSPS) is 10.8. The fourth-order valence-electron chi connectivity index (χ4n) is 1.72. The molecule has 2 aromatic rings. The smallest absolute Gasteiger partial charge is 0.339 e. The van der Waals surface area contributed by atoms with Gasteiger partial charge in [-0.25, -0.2) is 0 Å². The first kappa shape index (κ1) is 16.4. The predicted molar refractivity (Wildman–Crippen MR) is 81.7 cm³/mol. The zero-order chi connectivity index (χ0) is 17.0. The number of nitro benzene ring substituents is 1. The topological polar surface area (TPSA) is 116 Å². The summed E-state index contributed by atoms with van der Waals surface area (Å²) in [6, 6.07) is 10.2. The average Bonchev–Trinajstić information content (AvgIpc) is 2.48. The van der Waals surface area contributed by atoms with E-state index in [0.717, 1.165) is 6.07 Å². The standard InChI is InChI=1S/C14H12N2O6S/c1-10(17)15-11-5-7-13(8-6-11)22-23(20,21)14-4-2-3-12(9-14)16(18)19/h2-9H,1H3,(H,15,17). The summed E-state index contributed by atoms with van der Waals surface area (Å²) in [6.45, 7) is 1.34. The van der Waals surface area contributed by atoms with Crippen LogP contribution in [-0.4, -0.2) is 19.2 Å². The second-order valence-electron chi connectivity index (χ2n) is 4.50. The Bertz CT molecular complexity index is 846. The highest BCUT2D eigenvalue weighted by atomic mass is 32.2.